The molecule has 38 heavy (non-hydrogen) atoms. The van der Waals surface area contributed by atoms with Crippen LogP contribution >= 0.6 is 0 Å². The number of rotatable bonds is 6. The van der Waals surface area contributed by atoms with Crippen LogP contribution in [0.25, 0.3) is 16.6 Å². The average Bonchev–Trinajstić information content (AvgIpc) is 3.39. The van der Waals surface area contributed by atoms with Gasteiger partial charge in [0.25, 0.3) is 0 Å². The number of hydrogen-bond acceptors (Lipinski definition) is 5. The Kier molecular flexibility index (Phi) is 10.0. The molecule has 0 aliphatic carbocycles. The molecule has 2 aromatic heterocycles. The van der Waals surface area contributed by atoms with Crippen LogP contribution in [0.15, 0.2) is 54.9 Å². The summed E-state index contributed by atoms with van der Waals surface area (Å²) in [4.78, 5) is 18.7. The fraction of sp³-hybridized carbons (Fsp3) is 0.533. The number of anilines is 1. The summed E-state index contributed by atoms with van der Waals surface area (Å²) in [6.45, 7) is 15.5. The normalized spacial score (nSPS) is 18.4. The summed E-state index contributed by atoms with van der Waals surface area (Å²) in [6.07, 6.45) is 6.94. The highest BCUT2D eigenvalue weighted by Crippen LogP contribution is 2.28. The van der Waals surface area contributed by atoms with Gasteiger partial charge in [-0.2, -0.15) is 5.10 Å². The number of amides is 2. The molecule has 0 bridgehead atoms. The zero-order valence-corrected chi connectivity index (χ0v) is 23.5. The number of nitrogens with zero attached hydrogens (tertiary/aromatic N) is 5. The van der Waals surface area contributed by atoms with E-state index < -0.39 is 0 Å². The van der Waals surface area contributed by atoms with E-state index in [1.807, 2.05) is 40.7 Å². The van der Waals surface area contributed by atoms with Crippen molar-refractivity contribution in [2.24, 2.45) is 0 Å². The highest BCUT2D eigenvalue weighted by atomic mass is 16.5. The largest absolute Gasteiger partial charge is 0.377 e. The van der Waals surface area contributed by atoms with E-state index >= 15 is 0 Å². The minimum Gasteiger partial charge on any atom is -0.377 e. The Morgan fingerprint density at radius 3 is 2.50 bits per heavy atom. The van der Waals surface area contributed by atoms with Gasteiger partial charge >= 0.3 is 6.03 Å². The number of urea groups is 1. The van der Waals surface area contributed by atoms with Crippen LogP contribution in [0.2, 0.25) is 0 Å². The molecule has 1 atom stereocenters. The maximum atomic E-state index is 12.0. The van der Waals surface area contributed by atoms with E-state index in [-0.39, 0.29) is 6.03 Å². The number of fused-ring (bicyclic) bond motifs is 1. The van der Waals surface area contributed by atoms with Crippen molar-refractivity contribution in [1.29, 1.82) is 0 Å². The first-order chi connectivity index (χ1) is 18.5. The second kappa shape index (κ2) is 13.6. The fourth-order valence-corrected chi connectivity index (χ4v) is 5.28. The van der Waals surface area contributed by atoms with Crippen molar-refractivity contribution in [2.45, 2.75) is 52.7 Å². The molecular formula is C30H44N6O2. The number of piperazine rings is 1. The number of likely N-dealkylation sites (tertiary alicyclic amines) is 1. The Hall–Kier alpha value is -3.10. The van der Waals surface area contributed by atoms with Crippen molar-refractivity contribution in [3.8, 4) is 11.1 Å². The zero-order chi connectivity index (χ0) is 26.9. The van der Waals surface area contributed by atoms with Gasteiger partial charge in [-0.15, -0.1) is 0 Å². The van der Waals surface area contributed by atoms with Crippen molar-refractivity contribution < 1.29 is 9.53 Å². The van der Waals surface area contributed by atoms with Crippen LogP contribution in [-0.2, 0) is 4.74 Å². The maximum Gasteiger partial charge on any atom is 0.317 e. The lowest BCUT2D eigenvalue weighted by Gasteiger charge is -2.36. The average molecular weight is 521 g/mol. The summed E-state index contributed by atoms with van der Waals surface area (Å²) < 4.78 is 7.56. The van der Waals surface area contributed by atoms with Crippen LogP contribution < -0.4 is 10.2 Å². The summed E-state index contributed by atoms with van der Waals surface area (Å²) in [5.74, 6) is 0. The van der Waals surface area contributed by atoms with Crippen molar-refractivity contribution >= 4 is 17.2 Å². The van der Waals surface area contributed by atoms with Gasteiger partial charge in [-0.1, -0.05) is 30.3 Å². The van der Waals surface area contributed by atoms with E-state index in [0.29, 0.717) is 18.7 Å². The molecule has 4 heterocycles. The molecule has 8 nitrogen and oxygen atoms in total. The van der Waals surface area contributed by atoms with Gasteiger partial charge in [0, 0.05) is 69.9 Å². The maximum absolute atomic E-state index is 12.0. The van der Waals surface area contributed by atoms with Crippen LogP contribution in [0.3, 0.4) is 0 Å². The Bertz CT molecular complexity index is 1140. The molecule has 206 valence electrons. The number of carbonyl (C=O) groups is 1. The van der Waals surface area contributed by atoms with Gasteiger partial charge in [-0.3, -0.25) is 4.90 Å². The van der Waals surface area contributed by atoms with Crippen molar-refractivity contribution in [1.82, 2.24) is 24.7 Å². The molecule has 0 spiro atoms. The Balaban J connectivity index is 0.000000236. The molecular weight excluding hydrogens is 476 g/mol. The minimum atomic E-state index is 0.0288. The predicted molar refractivity (Wildman–Crippen MR) is 155 cm³/mol. The predicted octanol–water partition coefficient (Wildman–Crippen LogP) is 4.75. The summed E-state index contributed by atoms with van der Waals surface area (Å²) in [5, 5.41) is 7.34. The molecule has 1 aromatic carbocycles. The van der Waals surface area contributed by atoms with E-state index in [1.165, 1.54) is 24.9 Å². The second-order valence-corrected chi connectivity index (χ2v) is 10.3. The molecule has 2 fully saturated rings. The first-order valence-corrected chi connectivity index (χ1v) is 14.2. The van der Waals surface area contributed by atoms with Gasteiger partial charge in [-0.25, -0.2) is 9.31 Å². The first kappa shape index (κ1) is 27.9. The van der Waals surface area contributed by atoms with Gasteiger partial charge in [0.15, 0.2) is 0 Å². The number of benzene rings is 1. The van der Waals surface area contributed by atoms with Gasteiger partial charge in [-0.05, 0) is 64.8 Å². The third-order valence-corrected chi connectivity index (χ3v) is 7.37. The molecule has 0 saturated carbocycles. The molecule has 2 amide bonds. The zero-order valence-electron chi connectivity index (χ0n) is 23.5. The van der Waals surface area contributed by atoms with E-state index in [0.717, 1.165) is 56.1 Å². The number of nitrogens with one attached hydrogen (secondary N) is 1. The smallest absolute Gasteiger partial charge is 0.317 e. The fourth-order valence-electron chi connectivity index (χ4n) is 5.28. The van der Waals surface area contributed by atoms with E-state index in [9.17, 15) is 4.79 Å². The standard InChI is InChI=1S/C20H23N5O.C10H21NO/c1-2-21-20(26)24-12-10-23(11-13-24)18-8-9-22-25-15-17(14-19(18)25)16-6-4-3-5-7-16;1-4-12-10-6-5-7-11(8-10)9(2)3/h3-9,14-15H,2,10-13H2,1H3,(H,21,26);9-10H,4-8H2,1-3H3. The number of ether oxygens (including phenoxy) is 1. The highest BCUT2D eigenvalue weighted by Gasteiger charge is 2.23. The molecule has 2 aliphatic rings. The Morgan fingerprint density at radius 1 is 1.05 bits per heavy atom. The second-order valence-electron chi connectivity index (χ2n) is 10.3. The van der Waals surface area contributed by atoms with Crippen molar-refractivity contribution in [3.05, 3.63) is 54.9 Å². The summed E-state index contributed by atoms with van der Waals surface area (Å²) >= 11 is 0. The monoisotopic (exact) mass is 520 g/mol. The number of carbonyl (C=O) groups excluding carboxylic acids is 1. The molecule has 0 radical (unpaired) electrons. The molecule has 5 rings (SSSR count). The summed E-state index contributed by atoms with van der Waals surface area (Å²) in [7, 11) is 0. The number of piperidine rings is 1. The molecule has 1 unspecified atom stereocenters. The van der Waals surface area contributed by atoms with Crippen LogP contribution in [-0.4, -0.2) is 90.0 Å². The molecule has 1 N–H and O–H groups in total. The molecule has 2 saturated heterocycles. The van der Waals surface area contributed by atoms with Crippen LogP contribution in [0, 0.1) is 0 Å². The van der Waals surface area contributed by atoms with E-state index in [4.69, 9.17) is 4.74 Å². The third kappa shape index (κ3) is 7.05. The van der Waals surface area contributed by atoms with Crippen molar-refractivity contribution in [3.63, 3.8) is 0 Å². The topological polar surface area (TPSA) is 65.4 Å². The lowest BCUT2D eigenvalue weighted by atomic mass is 10.1. The lowest BCUT2D eigenvalue weighted by Crippen LogP contribution is -2.51. The Labute approximate surface area is 227 Å². The summed E-state index contributed by atoms with van der Waals surface area (Å²) in [5.41, 5.74) is 4.60. The third-order valence-electron chi connectivity index (χ3n) is 7.37. The van der Waals surface area contributed by atoms with E-state index in [1.54, 1.807) is 0 Å². The first-order valence-electron chi connectivity index (χ1n) is 14.2. The summed E-state index contributed by atoms with van der Waals surface area (Å²) in [6, 6.07) is 15.3. The number of hydrogen-bond donors (Lipinski definition) is 1. The van der Waals surface area contributed by atoms with Gasteiger partial charge in [0.1, 0.15) is 0 Å². The molecule has 8 heteroatoms. The van der Waals surface area contributed by atoms with Crippen LogP contribution in [0.1, 0.15) is 40.5 Å². The van der Waals surface area contributed by atoms with Gasteiger partial charge < -0.3 is 19.9 Å². The molecule has 2 aliphatic heterocycles. The SMILES string of the molecule is CCNC(=O)N1CCN(c2ccnn3cc(-c4ccccc4)cc23)CC1.CCOC1CCCN(C(C)C)C1. The van der Waals surface area contributed by atoms with Crippen molar-refractivity contribution in [2.75, 3.05) is 57.3 Å². The van der Waals surface area contributed by atoms with Gasteiger partial charge in [0.05, 0.1) is 17.3 Å². The highest BCUT2D eigenvalue weighted by molar-refractivity contribution is 5.80. The lowest BCUT2D eigenvalue weighted by molar-refractivity contribution is -0.00282. The van der Waals surface area contributed by atoms with E-state index in [2.05, 4.69) is 71.4 Å². The number of aromatic nitrogens is 2. The minimum absolute atomic E-state index is 0.0288. The van der Waals surface area contributed by atoms with Crippen LogP contribution in [0.5, 0.6) is 0 Å². The quantitative estimate of drug-likeness (QED) is 0.508. The molecule has 3 aromatic rings. The van der Waals surface area contributed by atoms with Gasteiger partial charge in [0.2, 0.25) is 0 Å². The Morgan fingerprint density at radius 2 is 1.82 bits per heavy atom. The van der Waals surface area contributed by atoms with Crippen LogP contribution in [0.4, 0.5) is 10.5 Å².